The van der Waals surface area contributed by atoms with E-state index in [1.54, 1.807) is 24.7 Å². The van der Waals surface area contributed by atoms with Crippen molar-refractivity contribution < 1.29 is 38.5 Å². The molecule has 0 aliphatic carbocycles. The van der Waals surface area contributed by atoms with Crippen LogP contribution in [0.4, 0.5) is 0 Å². The van der Waals surface area contributed by atoms with Crippen LogP contribution in [0.2, 0.25) is 0 Å². The molecule has 3 aromatic heterocycles. The molecule has 1 aliphatic heterocycles. The third kappa shape index (κ3) is 5.15. The van der Waals surface area contributed by atoms with Crippen LogP contribution in [0.5, 0.6) is 0 Å². The van der Waals surface area contributed by atoms with Crippen molar-refractivity contribution in [2.24, 2.45) is 0 Å². The van der Waals surface area contributed by atoms with E-state index in [0.29, 0.717) is 11.0 Å². The number of ether oxygens (including phenoxy) is 2. The number of aromatic amines is 1. The van der Waals surface area contributed by atoms with Gasteiger partial charge in [0.05, 0.1) is 31.8 Å². The summed E-state index contributed by atoms with van der Waals surface area (Å²) >= 11 is 0. The van der Waals surface area contributed by atoms with Gasteiger partial charge in [0.25, 0.3) is 0 Å². The van der Waals surface area contributed by atoms with Crippen molar-refractivity contribution >= 4 is 35.7 Å². The average molecular weight is 531 g/mol. The number of rotatable bonds is 9. The molecular weight excluding hydrogens is 505 g/mol. The third-order valence-corrected chi connectivity index (χ3v) is 7.44. The molecule has 1 aliphatic rings. The number of aliphatic hydroxyl groups is 2. The van der Waals surface area contributed by atoms with Crippen molar-refractivity contribution in [3.05, 3.63) is 60.8 Å². The first-order chi connectivity index (χ1) is 17.8. The quantitative estimate of drug-likeness (QED) is 0.154. The zero-order valence-electron chi connectivity index (χ0n) is 19.7. The van der Waals surface area contributed by atoms with E-state index in [4.69, 9.17) is 14.0 Å². The van der Waals surface area contributed by atoms with Gasteiger partial charge in [-0.15, -0.1) is 0 Å². The van der Waals surface area contributed by atoms with Crippen LogP contribution in [0, 0.1) is 0 Å². The molecule has 0 amide bonds. The van der Waals surface area contributed by atoms with Crippen molar-refractivity contribution in [3.63, 3.8) is 0 Å². The monoisotopic (exact) mass is 531 g/mol. The number of aromatic nitrogens is 4. The van der Waals surface area contributed by atoms with Crippen LogP contribution < -0.4 is 5.09 Å². The molecule has 5 unspecified atom stereocenters. The number of fused-ring (bicyclic) bond motifs is 2. The number of hydrogen-bond donors (Lipinski definition) is 5. The summed E-state index contributed by atoms with van der Waals surface area (Å²) in [5.41, 5.74) is 2.79. The van der Waals surface area contributed by atoms with Gasteiger partial charge < -0.3 is 34.1 Å². The molecular formula is C23H26N5O8P. The molecule has 196 valence electrons. The van der Waals surface area contributed by atoms with E-state index >= 15 is 0 Å². The Kier molecular flexibility index (Phi) is 7.10. The Labute approximate surface area is 210 Å². The smallest absolute Gasteiger partial charge is 0.403 e. The van der Waals surface area contributed by atoms with Crippen molar-refractivity contribution in [1.82, 2.24) is 24.6 Å². The fourth-order valence-corrected chi connectivity index (χ4v) is 5.45. The normalized spacial score (nSPS) is 24.3. The second-order valence-corrected chi connectivity index (χ2v) is 10.2. The molecule has 6 atom stereocenters. The summed E-state index contributed by atoms with van der Waals surface area (Å²) in [6.45, 7) is -0.537. The summed E-state index contributed by atoms with van der Waals surface area (Å²) in [5.74, 6) is -0.753. The van der Waals surface area contributed by atoms with Gasteiger partial charge in [0.1, 0.15) is 29.9 Å². The first-order valence-corrected chi connectivity index (χ1v) is 13.0. The van der Waals surface area contributed by atoms with E-state index in [-0.39, 0.29) is 6.42 Å². The molecule has 4 aromatic rings. The molecule has 1 aromatic carbocycles. The van der Waals surface area contributed by atoms with Crippen LogP contribution in [0.25, 0.3) is 21.9 Å². The van der Waals surface area contributed by atoms with Gasteiger partial charge in [-0.1, -0.05) is 18.2 Å². The maximum atomic E-state index is 12.9. The van der Waals surface area contributed by atoms with Gasteiger partial charge in [0.15, 0.2) is 6.23 Å². The molecule has 4 heterocycles. The lowest BCUT2D eigenvalue weighted by Crippen LogP contribution is -2.39. The van der Waals surface area contributed by atoms with E-state index in [1.807, 2.05) is 24.3 Å². The number of nitrogens with zero attached hydrogens (tertiary/aromatic N) is 3. The van der Waals surface area contributed by atoms with Gasteiger partial charge >= 0.3 is 13.7 Å². The standard InChI is InChI=1S/C23H26N5O8P/c1-34-23(31)16(8-13-9-25-15-5-3-2-4-14(13)15)27-37(32,33)35-11-19-20(29)21(30)22(36-19)28-12-26-17-10-24-7-6-18(17)28/h2-7,9-10,12,16,19-22,25,29-30H,8,11H2,1H3,(H2,27,32,33)/t16-,19?,20?,21?,22?/m0/s1. The van der Waals surface area contributed by atoms with Crippen molar-refractivity contribution in [3.8, 4) is 0 Å². The molecule has 37 heavy (non-hydrogen) atoms. The number of esters is 1. The van der Waals surface area contributed by atoms with Gasteiger partial charge in [-0.2, -0.15) is 0 Å². The largest absolute Gasteiger partial charge is 0.468 e. The highest BCUT2D eigenvalue weighted by molar-refractivity contribution is 7.50. The Hall–Kier alpha value is -3.16. The van der Waals surface area contributed by atoms with Crippen LogP contribution >= 0.6 is 7.75 Å². The molecule has 0 saturated carbocycles. The average Bonchev–Trinajstić information content (AvgIpc) is 3.58. The van der Waals surface area contributed by atoms with E-state index < -0.39 is 50.9 Å². The maximum Gasteiger partial charge on any atom is 0.403 e. The molecule has 0 bridgehead atoms. The first-order valence-electron chi connectivity index (χ1n) is 11.4. The predicted octanol–water partition coefficient (Wildman–Crippen LogP) is 1.02. The molecule has 5 rings (SSSR count). The summed E-state index contributed by atoms with van der Waals surface area (Å²) < 4.78 is 30.1. The Morgan fingerprint density at radius 3 is 2.92 bits per heavy atom. The first kappa shape index (κ1) is 25.5. The highest BCUT2D eigenvalue weighted by Gasteiger charge is 2.45. The Morgan fingerprint density at radius 2 is 2.11 bits per heavy atom. The van der Waals surface area contributed by atoms with E-state index in [2.05, 4.69) is 20.0 Å². The number of carbonyl (C=O) groups is 1. The Bertz CT molecular complexity index is 1460. The van der Waals surface area contributed by atoms with Gasteiger partial charge in [0, 0.05) is 29.7 Å². The van der Waals surface area contributed by atoms with Gasteiger partial charge in [-0.3, -0.25) is 14.3 Å². The Balaban J connectivity index is 1.26. The summed E-state index contributed by atoms with van der Waals surface area (Å²) in [6, 6.07) is 7.93. The van der Waals surface area contributed by atoms with Crippen molar-refractivity contribution in [1.29, 1.82) is 0 Å². The number of nitrogens with one attached hydrogen (secondary N) is 2. The number of aliphatic hydroxyl groups excluding tert-OH is 2. The molecule has 1 fully saturated rings. The number of H-pyrrole nitrogens is 1. The second kappa shape index (κ2) is 10.3. The predicted molar refractivity (Wildman–Crippen MR) is 130 cm³/mol. The topological polar surface area (TPSA) is 181 Å². The van der Waals surface area contributed by atoms with E-state index in [0.717, 1.165) is 16.5 Å². The molecule has 0 radical (unpaired) electrons. The lowest BCUT2D eigenvalue weighted by molar-refractivity contribution is -0.142. The van der Waals surface area contributed by atoms with Crippen molar-refractivity contribution in [2.45, 2.75) is 37.0 Å². The molecule has 1 saturated heterocycles. The van der Waals surface area contributed by atoms with Gasteiger partial charge in [0.2, 0.25) is 0 Å². The number of methoxy groups -OCH3 is 1. The molecule has 5 N–H and O–H groups in total. The van der Waals surface area contributed by atoms with Crippen LogP contribution in [0.15, 0.2) is 55.2 Å². The number of imidazole rings is 1. The summed E-state index contributed by atoms with van der Waals surface area (Å²) in [7, 11) is -3.40. The highest BCUT2D eigenvalue weighted by atomic mass is 31.2. The molecule has 13 nitrogen and oxygen atoms in total. The van der Waals surface area contributed by atoms with E-state index in [9.17, 15) is 24.5 Å². The van der Waals surface area contributed by atoms with Crippen molar-refractivity contribution in [2.75, 3.05) is 13.7 Å². The maximum absolute atomic E-state index is 12.9. The lowest BCUT2D eigenvalue weighted by Gasteiger charge is -2.22. The number of para-hydroxylation sites is 1. The summed E-state index contributed by atoms with van der Waals surface area (Å²) in [6.07, 6.45) is 1.41. The number of benzene rings is 1. The van der Waals surface area contributed by atoms with Crippen LogP contribution in [-0.4, -0.2) is 78.7 Å². The third-order valence-electron chi connectivity index (χ3n) is 6.31. The number of hydrogen-bond acceptors (Lipinski definition) is 9. The fraction of sp³-hybridized carbons (Fsp3) is 0.348. The van der Waals surface area contributed by atoms with Crippen LogP contribution in [0.1, 0.15) is 11.8 Å². The minimum Gasteiger partial charge on any atom is -0.468 e. The van der Waals surface area contributed by atoms with Crippen LogP contribution in [0.3, 0.4) is 0 Å². The highest BCUT2D eigenvalue weighted by Crippen LogP contribution is 2.40. The Morgan fingerprint density at radius 1 is 1.30 bits per heavy atom. The van der Waals surface area contributed by atoms with Crippen LogP contribution in [-0.2, 0) is 29.8 Å². The lowest BCUT2D eigenvalue weighted by atomic mass is 10.1. The van der Waals surface area contributed by atoms with Gasteiger partial charge in [-0.25, -0.2) is 14.6 Å². The SMILES string of the molecule is COC(=O)[C@H](Cc1c[nH]c2ccccc12)NP(=O)(O)OCC1OC(n2cnc3cnccc32)C(O)C1O. The summed E-state index contributed by atoms with van der Waals surface area (Å²) in [4.78, 5) is 34.1. The zero-order valence-corrected chi connectivity index (χ0v) is 20.6. The molecule has 14 heteroatoms. The van der Waals surface area contributed by atoms with E-state index in [1.165, 1.54) is 18.0 Å². The zero-order chi connectivity index (χ0) is 26.2. The summed E-state index contributed by atoms with van der Waals surface area (Å²) in [5, 5.41) is 24.3. The number of carbonyl (C=O) groups excluding carboxylic acids is 1. The minimum atomic E-state index is -4.57. The number of pyridine rings is 1. The minimum absolute atomic E-state index is 0.0521. The van der Waals surface area contributed by atoms with Gasteiger partial charge in [-0.05, 0) is 17.7 Å². The second-order valence-electron chi connectivity index (χ2n) is 8.65. The molecule has 0 spiro atoms. The fourth-order valence-electron chi connectivity index (χ4n) is 4.44.